The molecule has 2 rings (SSSR count). The van der Waals surface area contributed by atoms with Crippen LogP contribution in [-0.4, -0.2) is 14.2 Å². The normalized spacial score (nSPS) is 9.52. The van der Waals surface area contributed by atoms with Crippen LogP contribution in [0.15, 0.2) is 42.5 Å². The largest absolute Gasteiger partial charge is 0.495 e. The molecule has 0 heterocycles. The van der Waals surface area contributed by atoms with E-state index in [9.17, 15) is 0 Å². The molecule has 0 aliphatic rings. The minimum absolute atomic E-state index is 0.511. The van der Waals surface area contributed by atoms with Crippen molar-refractivity contribution in [3.63, 3.8) is 0 Å². The maximum atomic E-state index is 9.15. The molecular formula is C17H15N3O. The molecule has 0 N–H and O–H groups in total. The Hall–Kier alpha value is -2.98. The summed E-state index contributed by atoms with van der Waals surface area (Å²) in [5.74, 6) is 0.571. The predicted molar refractivity (Wildman–Crippen MR) is 81.0 cm³/mol. The lowest BCUT2D eigenvalue weighted by atomic mass is 10.1. The smallest absolute Gasteiger partial charge is 0.136 e. The Morgan fingerprint density at radius 2 is 1.76 bits per heavy atom. The number of ether oxygens (including phenoxy) is 1. The van der Waals surface area contributed by atoms with Crippen molar-refractivity contribution >= 4 is 5.69 Å². The van der Waals surface area contributed by atoms with Gasteiger partial charge in [-0.2, -0.15) is 10.5 Å². The van der Waals surface area contributed by atoms with Gasteiger partial charge in [0.15, 0.2) is 0 Å². The van der Waals surface area contributed by atoms with Gasteiger partial charge in [0, 0.05) is 13.6 Å². The summed E-state index contributed by atoms with van der Waals surface area (Å²) < 4.78 is 5.14. The summed E-state index contributed by atoms with van der Waals surface area (Å²) in [5.41, 5.74) is 3.00. The number of nitrogens with zero attached hydrogens (tertiary/aromatic N) is 3. The van der Waals surface area contributed by atoms with Crippen LogP contribution in [0.25, 0.3) is 0 Å². The molecule has 0 fully saturated rings. The van der Waals surface area contributed by atoms with E-state index in [1.54, 1.807) is 19.2 Å². The van der Waals surface area contributed by atoms with E-state index in [0.29, 0.717) is 23.4 Å². The van der Waals surface area contributed by atoms with Crippen LogP contribution in [0.1, 0.15) is 16.7 Å². The number of benzene rings is 2. The molecule has 0 saturated heterocycles. The van der Waals surface area contributed by atoms with Crippen molar-refractivity contribution < 1.29 is 4.74 Å². The van der Waals surface area contributed by atoms with Crippen molar-refractivity contribution in [1.82, 2.24) is 0 Å². The standard InChI is InChI=1S/C17H15N3O/c1-20(16-6-4-3-5-14(16)10-18)12-13-7-8-17(21-2)15(9-13)11-19/h3-9H,12H2,1-2H3. The third-order valence-corrected chi connectivity index (χ3v) is 3.24. The molecular weight excluding hydrogens is 262 g/mol. The Labute approximate surface area is 124 Å². The molecule has 2 aromatic rings. The fourth-order valence-electron chi connectivity index (χ4n) is 2.20. The molecule has 0 atom stereocenters. The minimum atomic E-state index is 0.511. The van der Waals surface area contributed by atoms with Crippen LogP contribution in [0.2, 0.25) is 0 Å². The molecule has 0 aliphatic carbocycles. The fourth-order valence-corrected chi connectivity index (χ4v) is 2.20. The number of nitriles is 2. The highest BCUT2D eigenvalue weighted by molar-refractivity contribution is 5.59. The van der Waals surface area contributed by atoms with Gasteiger partial charge in [-0.1, -0.05) is 18.2 Å². The van der Waals surface area contributed by atoms with Crippen LogP contribution in [0.4, 0.5) is 5.69 Å². The molecule has 0 aromatic heterocycles. The number of hydrogen-bond acceptors (Lipinski definition) is 4. The maximum Gasteiger partial charge on any atom is 0.136 e. The maximum absolute atomic E-state index is 9.15. The third-order valence-electron chi connectivity index (χ3n) is 3.24. The summed E-state index contributed by atoms with van der Waals surface area (Å²) >= 11 is 0. The molecule has 0 spiro atoms. The second kappa shape index (κ2) is 6.45. The molecule has 0 amide bonds. The van der Waals surface area contributed by atoms with Gasteiger partial charge >= 0.3 is 0 Å². The summed E-state index contributed by atoms with van der Waals surface area (Å²) in [6, 6.07) is 17.3. The summed E-state index contributed by atoms with van der Waals surface area (Å²) in [5, 5.41) is 18.3. The minimum Gasteiger partial charge on any atom is -0.495 e. The molecule has 0 saturated carbocycles. The van der Waals surface area contributed by atoms with Gasteiger partial charge in [0.05, 0.1) is 23.9 Å². The average Bonchev–Trinajstić information content (AvgIpc) is 2.54. The average molecular weight is 277 g/mol. The molecule has 2 aromatic carbocycles. The van der Waals surface area contributed by atoms with Crippen molar-refractivity contribution in [3.05, 3.63) is 59.2 Å². The Morgan fingerprint density at radius 3 is 2.43 bits per heavy atom. The topological polar surface area (TPSA) is 60.0 Å². The predicted octanol–water partition coefficient (Wildman–Crippen LogP) is 3.07. The first-order valence-electron chi connectivity index (χ1n) is 6.47. The molecule has 4 heteroatoms. The van der Waals surface area contributed by atoms with Gasteiger partial charge in [0.1, 0.15) is 17.9 Å². The van der Waals surface area contributed by atoms with E-state index in [1.165, 1.54) is 0 Å². The lowest BCUT2D eigenvalue weighted by molar-refractivity contribution is 0.413. The highest BCUT2D eigenvalue weighted by Crippen LogP contribution is 2.23. The van der Waals surface area contributed by atoms with Gasteiger partial charge in [-0.05, 0) is 29.8 Å². The zero-order chi connectivity index (χ0) is 15.2. The monoisotopic (exact) mass is 277 g/mol. The van der Waals surface area contributed by atoms with E-state index in [-0.39, 0.29) is 0 Å². The first-order valence-corrected chi connectivity index (χ1v) is 6.47. The highest BCUT2D eigenvalue weighted by Gasteiger charge is 2.09. The molecule has 0 unspecified atom stereocenters. The van der Waals surface area contributed by atoms with E-state index in [1.807, 2.05) is 42.3 Å². The van der Waals surface area contributed by atoms with Gasteiger partial charge < -0.3 is 9.64 Å². The van der Waals surface area contributed by atoms with Crippen molar-refractivity contribution in [1.29, 1.82) is 10.5 Å². The van der Waals surface area contributed by atoms with E-state index in [4.69, 9.17) is 15.3 Å². The van der Waals surface area contributed by atoms with Gasteiger partial charge in [-0.3, -0.25) is 0 Å². The van der Waals surface area contributed by atoms with Crippen LogP contribution in [0.5, 0.6) is 5.75 Å². The molecule has 4 nitrogen and oxygen atoms in total. The van der Waals surface area contributed by atoms with Crippen LogP contribution >= 0.6 is 0 Å². The van der Waals surface area contributed by atoms with E-state index >= 15 is 0 Å². The highest BCUT2D eigenvalue weighted by atomic mass is 16.5. The van der Waals surface area contributed by atoms with Crippen molar-refractivity contribution in [2.45, 2.75) is 6.54 Å². The lowest BCUT2D eigenvalue weighted by Gasteiger charge is -2.20. The van der Waals surface area contributed by atoms with Gasteiger partial charge in [-0.25, -0.2) is 0 Å². The van der Waals surface area contributed by atoms with Gasteiger partial charge in [0.2, 0.25) is 0 Å². The molecule has 0 bridgehead atoms. The SMILES string of the molecule is COc1ccc(CN(C)c2ccccc2C#N)cc1C#N. The van der Waals surface area contributed by atoms with Gasteiger partial charge in [0.25, 0.3) is 0 Å². The number of anilines is 1. The number of hydrogen-bond donors (Lipinski definition) is 0. The van der Waals surface area contributed by atoms with Crippen LogP contribution < -0.4 is 9.64 Å². The summed E-state index contributed by atoms with van der Waals surface area (Å²) in [6.45, 7) is 0.608. The first kappa shape index (κ1) is 14.4. The molecule has 104 valence electrons. The quantitative estimate of drug-likeness (QED) is 0.861. The zero-order valence-electron chi connectivity index (χ0n) is 12.0. The Kier molecular flexibility index (Phi) is 4.43. The zero-order valence-corrected chi connectivity index (χ0v) is 12.0. The molecule has 0 radical (unpaired) electrons. The van der Waals surface area contributed by atoms with E-state index in [2.05, 4.69) is 12.1 Å². The Balaban J connectivity index is 2.26. The fraction of sp³-hybridized carbons (Fsp3) is 0.176. The van der Waals surface area contributed by atoms with Crippen LogP contribution in [0, 0.1) is 22.7 Å². The van der Waals surface area contributed by atoms with E-state index in [0.717, 1.165) is 11.3 Å². The number of methoxy groups -OCH3 is 1. The van der Waals surface area contributed by atoms with Crippen molar-refractivity contribution in [3.8, 4) is 17.9 Å². The Morgan fingerprint density at radius 1 is 1.05 bits per heavy atom. The second-order valence-corrected chi connectivity index (χ2v) is 4.63. The van der Waals surface area contributed by atoms with Crippen LogP contribution in [0.3, 0.4) is 0 Å². The third kappa shape index (κ3) is 3.13. The van der Waals surface area contributed by atoms with Gasteiger partial charge in [-0.15, -0.1) is 0 Å². The summed E-state index contributed by atoms with van der Waals surface area (Å²) in [7, 11) is 3.47. The number of para-hydroxylation sites is 1. The summed E-state index contributed by atoms with van der Waals surface area (Å²) in [6.07, 6.45) is 0. The first-order chi connectivity index (χ1) is 10.2. The second-order valence-electron chi connectivity index (χ2n) is 4.63. The van der Waals surface area contributed by atoms with Crippen LogP contribution in [-0.2, 0) is 6.54 Å². The molecule has 0 aliphatic heterocycles. The molecule has 21 heavy (non-hydrogen) atoms. The van der Waals surface area contributed by atoms with Crippen molar-refractivity contribution in [2.75, 3.05) is 19.1 Å². The van der Waals surface area contributed by atoms with Crippen molar-refractivity contribution in [2.24, 2.45) is 0 Å². The van der Waals surface area contributed by atoms with E-state index < -0.39 is 0 Å². The summed E-state index contributed by atoms with van der Waals surface area (Å²) in [4.78, 5) is 1.99. The number of rotatable bonds is 4. The lowest BCUT2D eigenvalue weighted by Crippen LogP contribution is -2.17. The Bertz CT molecular complexity index is 726.